The molecule has 90 valence electrons. The van der Waals surface area contributed by atoms with Crippen molar-refractivity contribution in [2.24, 2.45) is 5.73 Å². The number of ether oxygens (including phenoxy) is 1. The zero-order valence-electron chi connectivity index (χ0n) is 9.55. The highest BCUT2D eigenvalue weighted by atomic mass is 16.5. The van der Waals surface area contributed by atoms with Gasteiger partial charge in [0.25, 0.3) is 11.8 Å². The Labute approximate surface area is 99.2 Å². The molecule has 1 aromatic rings. The zero-order chi connectivity index (χ0) is 12.4. The predicted octanol–water partition coefficient (Wildman–Crippen LogP) is 0.256. The molecule has 1 aliphatic rings. The minimum absolute atomic E-state index is 0.181. The number of imide groups is 1. The Bertz CT molecular complexity index is 424. The Morgan fingerprint density at radius 3 is 2.24 bits per heavy atom. The fraction of sp³-hybridized carbons (Fsp3) is 0.333. The molecular formula is C12H14N2O3. The maximum atomic E-state index is 12.0. The first-order valence-electron chi connectivity index (χ1n) is 5.35. The molecule has 2 N–H and O–H groups in total. The summed E-state index contributed by atoms with van der Waals surface area (Å²) >= 11 is 0. The van der Waals surface area contributed by atoms with Gasteiger partial charge in [0.1, 0.15) is 0 Å². The third-order valence-electron chi connectivity index (χ3n) is 2.68. The molecule has 0 unspecified atom stereocenters. The lowest BCUT2D eigenvalue weighted by molar-refractivity contribution is 0.0624. The Morgan fingerprint density at radius 1 is 1.24 bits per heavy atom. The molecule has 0 spiro atoms. The molecule has 0 fully saturated rings. The highest BCUT2D eigenvalue weighted by Crippen LogP contribution is 2.22. The van der Waals surface area contributed by atoms with E-state index in [4.69, 9.17) is 10.5 Å². The van der Waals surface area contributed by atoms with E-state index in [1.807, 2.05) is 0 Å². The largest absolute Gasteiger partial charge is 0.383 e. The van der Waals surface area contributed by atoms with Gasteiger partial charge < -0.3 is 10.5 Å². The molecule has 1 aliphatic heterocycles. The molecule has 1 heterocycles. The monoisotopic (exact) mass is 234 g/mol. The second kappa shape index (κ2) is 4.65. The first kappa shape index (κ1) is 11.8. The highest BCUT2D eigenvalue weighted by molar-refractivity contribution is 6.21. The molecule has 2 rings (SSSR count). The first-order chi connectivity index (χ1) is 8.15. The molecule has 5 heteroatoms. The summed E-state index contributed by atoms with van der Waals surface area (Å²) in [6.07, 6.45) is 0. The average Bonchev–Trinajstić information content (AvgIpc) is 2.56. The van der Waals surface area contributed by atoms with Crippen LogP contribution in [0.3, 0.4) is 0 Å². The van der Waals surface area contributed by atoms with Crippen molar-refractivity contribution in [2.75, 3.05) is 20.3 Å². The van der Waals surface area contributed by atoms with Gasteiger partial charge in [0.2, 0.25) is 0 Å². The molecule has 1 aromatic carbocycles. The molecule has 0 aromatic heterocycles. The number of hydrogen-bond donors (Lipinski definition) is 1. The van der Waals surface area contributed by atoms with E-state index in [-0.39, 0.29) is 24.4 Å². The summed E-state index contributed by atoms with van der Waals surface area (Å²) in [7, 11) is 1.53. The third kappa shape index (κ3) is 2.07. The van der Waals surface area contributed by atoms with E-state index in [0.717, 1.165) is 0 Å². The Hall–Kier alpha value is -1.72. The van der Waals surface area contributed by atoms with Crippen molar-refractivity contribution in [1.82, 2.24) is 4.90 Å². The number of rotatable bonds is 4. The van der Waals surface area contributed by atoms with Crippen LogP contribution in [-0.4, -0.2) is 43.0 Å². The van der Waals surface area contributed by atoms with Crippen molar-refractivity contribution in [3.05, 3.63) is 35.4 Å². The van der Waals surface area contributed by atoms with E-state index in [0.29, 0.717) is 17.7 Å². The number of fused-ring (bicyclic) bond motifs is 1. The van der Waals surface area contributed by atoms with Gasteiger partial charge in [-0.3, -0.25) is 14.5 Å². The van der Waals surface area contributed by atoms with Gasteiger partial charge in [-0.05, 0) is 12.1 Å². The van der Waals surface area contributed by atoms with Gasteiger partial charge in [0.15, 0.2) is 0 Å². The van der Waals surface area contributed by atoms with Crippen LogP contribution in [0.5, 0.6) is 0 Å². The normalized spacial score (nSPS) is 16.2. The third-order valence-corrected chi connectivity index (χ3v) is 2.68. The second-order valence-electron chi connectivity index (χ2n) is 3.98. The van der Waals surface area contributed by atoms with E-state index in [1.165, 1.54) is 12.0 Å². The minimum Gasteiger partial charge on any atom is -0.383 e. The molecule has 0 aliphatic carbocycles. The van der Waals surface area contributed by atoms with Crippen molar-refractivity contribution >= 4 is 11.8 Å². The maximum absolute atomic E-state index is 12.0. The molecule has 0 saturated heterocycles. The van der Waals surface area contributed by atoms with Crippen LogP contribution < -0.4 is 5.73 Å². The summed E-state index contributed by atoms with van der Waals surface area (Å²) in [5, 5.41) is 0. The Morgan fingerprint density at radius 2 is 1.76 bits per heavy atom. The van der Waals surface area contributed by atoms with Gasteiger partial charge >= 0.3 is 0 Å². The quantitative estimate of drug-likeness (QED) is 0.758. The number of carbonyl (C=O) groups excluding carboxylic acids is 2. The van der Waals surface area contributed by atoms with Crippen molar-refractivity contribution < 1.29 is 14.3 Å². The SMILES string of the molecule is COC[C@H](N)CN1C(=O)c2ccccc2C1=O. The van der Waals surface area contributed by atoms with E-state index >= 15 is 0 Å². The molecule has 0 radical (unpaired) electrons. The lowest BCUT2D eigenvalue weighted by Gasteiger charge is -2.18. The summed E-state index contributed by atoms with van der Waals surface area (Å²) in [5.41, 5.74) is 6.65. The van der Waals surface area contributed by atoms with Crippen LogP contribution in [0, 0.1) is 0 Å². The standard InChI is InChI=1S/C12H14N2O3/c1-17-7-8(13)6-14-11(15)9-4-2-3-5-10(9)12(14)16/h2-5,8H,6-7,13H2,1H3/t8-/m1/s1. The van der Waals surface area contributed by atoms with Crippen LogP contribution in [0.4, 0.5) is 0 Å². The van der Waals surface area contributed by atoms with Crippen LogP contribution in [-0.2, 0) is 4.74 Å². The summed E-state index contributed by atoms with van der Waals surface area (Å²) in [4.78, 5) is 25.1. The number of benzene rings is 1. The van der Waals surface area contributed by atoms with Crippen LogP contribution in [0.2, 0.25) is 0 Å². The Balaban J connectivity index is 2.19. The van der Waals surface area contributed by atoms with Crippen molar-refractivity contribution in [3.8, 4) is 0 Å². The maximum Gasteiger partial charge on any atom is 0.261 e. The van der Waals surface area contributed by atoms with Gasteiger partial charge in [0, 0.05) is 19.7 Å². The predicted molar refractivity (Wildman–Crippen MR) is 61.7 cm³/mol. The lowest BCUT2D eigenvalue weighted by Crippen LogP contribution is -2.42. The highest BCUT2D eigenvalue weighted by Gasteiger charge is 2.35. The van der Waals surface area contributed by atoms with Crippen LogP contribution in [0.15, 0.2) is 24.3 Å². The first-order valence-corrected chi connectivity index (χ1v) is 5.35. The smallest absolute Gasteiger partial charge is 0.261 e. The average molecular weight is 234 g/mol. The van der Waals surface area contributed by atoms with Crippen molar-refractivity contribution in [3.63, 3.8) is 0 Å². The molecule has 1 atom stereocenters. The van der Waals surface area contributed by atoms with Gasteiger partial charge in [-0.1, -0.05) is 12.1 Å². The zero-order valence-corrected chi connectivity index (χ0v) is 9.55. The topological polar surface area (TPSA) is 72.6 Å². The van der Waals surface area contributed by atoms with Gasteiger partial charge in [-0.2, -0.15) is 0 Å². The summed E-state index contributed by atoms with van der Waals surface area (Å²) in [5.74, 6) is -0.561. The van der Waals surface area contributed by atoms with E-state index in [1.54, 1.807) is 24.3 Å². The molecule has 2 amide bonds. The molecule has 17 heavy (non-hydrogen) atoms. The van der Waals surface area contributed by atoms with Crippen molar-refractivity contribution in [1.29, 1.82) is 0 Å². The van der Waals surface area contributed by atoms with Crippen LogP contribution in [0.25, 0.3) is 0 Å². The van der Waals surface area contributed by atoms with Gasteiger partial charge in [-0.25, -0.2) is 0 Å². The fourth-order valence-electron chi connectivity index (χ4n) is 1.91. The minimum atomic E-state index is -0.359. The summed E-state index contributed by atoms with van der Waals surface area (Å²) in [6.45, 7) is 0.494. The number of nitrogens with two attached hydrogens (primary N) is 1. The van der Waals surface area contributed by atoms with Gasteiger partial charge in [-0.15, -0.1) is 0 Å². The van der Waals surface area contributed by atoms with E-state index in [9.17, 15) is 9.59 Å². The summed E-state index contributed by atoms with van der Waals surface area (Å²) < 4.78 is 4.89. The van der Waals surface area contributed by atoms with Crippen LogP contribution in [0.1, 0.15) is 20.7 Å². The number of nitrogens with zero attached hydrogens (tertiary/aromatic N) is 1. The van der Waals surface area contributed by atoms with Crippen molar-refractivity contribution in [2.45, 2.75) is 6.04 Å². The number of hydrogen-bond acceptors (Lipinski definition) is 4. The second-order valence-corrected chi connectivity index (χ2v) is 3.98. The molecular weight excluding hydrogens is 220 g/mol. The molecule has 0 bridgehead atoms. The lowest BCUT2D eigenvalue weighted by atomic mass is 10.1. The summed E-state index contributed by atoms with van der Waals surface area (Å²) in [6, 6.07) is 6.42. The molecule has 0 saturated carbocycles. The van der Waals surface area contributed by atoms with E-state index in [2.05, 4.69) is 0 Å². The molecule has 5 nitrogen and oxygen atoms in total. The number of amides is 2. The van der Waals surface area contributed by atoms with E-state index < -0.39 is 0 Å². The van der Waals surface area contributed by atoms with Crippen LogP contribution >= 0.6 is 0 Å². The van der Waals surface area contributed by atoms with Gasteiger partial charge in [0.05, 0.1) is 17.7 Å². The number of methoxy groups -OCH3 is 1. The Kier molecular flexibility index (Phi) is 3.21. The number of carbonyl (C=O) groups is 2. The fourth-order valence-corrected chi connectivity index (χ4v) is 1.91.